The van der Waals surface area contributed by atoms with E-state index in [0.717, 1.165) is 40.6 Å². The zero-order chi connectivity index (χ0) is 21.5. The monoisotopic (exact) mass is 489 g/mol. The number of nitrogens with one attached hydrogen (secondary N) is 2. The second-order valence-electron chi connectivity index (χ2n) is 7.01. The number of aromatic nitrogens is 2. The Morgan fingerprint density at radius 1 is 1.17 bits per heavy atom. The Hall–Kier alpha value is -2.45. The van der Waals surface area contributed by atoms with Gasteiger partial charge in [-0.15, -0.1) is 0 Å². The Morgan fingerprint density at radius 2 is 1.93 bits per heavy atom. The summed E-state index contributed by atoms with van der Waals surface area (Å²) in [6, 6.07) is 13.1. The summed E-state index contributed by atoms with van der Waals surface area (Å²) < 4.78 is 7.99. The number of aromatic amines is 1. The van der Waals surface area contributed by atoms with E-state index >= 15 is 0 Å². The molecule has 0 radical (unpaired) electrons. The molecule has 2 N–H and O–H groups in total. The van der Waals surface area contributed by atoms with E-state index in [2.05, 4.69) is 26.2 Å². The van der Waals surface area contributed by atoms with Gasteiger partial charge in [0.1, 0.15) is 5.75 Å². The topological polar surface area (TPSA) is 76.1 Å². The van der Waals surface area contributed by atoms with Crippen LogP contribution in [0.3, 0.4) is 0 Å². The van der Waals surface area contributed by atoms with Crippen molar-refractivity contribution in [1.82, 2.24) is 14.9 Å². The first kappa shape index (κ1) is 22.2. The average Bonchev–Trinajstić information content (AvgIpc) is 2.75. The normalized spacial score (nSPS) is 10.9. The Morgan fingerprint density at radius 3 is 2.67 bits per heavy atom. The lowest BCUT2D eigenvalue weighted by Gasteiger charge is -2.09. The number of hydrogen-bond donors (Lipinski definition) is 2. The minimum absolute atomic E-state index is 0.0239. The second-order valence-corrected chi connectivity index (χ2v) is 8.31. The number of methoxy groups -OCH3 is 1. The maximum Gasteiger partial charge on any atom is 0.262 e. The van der Waals surface area contributed by atoms with Crippen molar-refractivity contribution in [1.29, 1.82) is 0 Å². The molecule has 0 aliphatic carbocycles. The van der Waals surface area contributed by atoms with E-state index in [1.54, 1.807) is 17.7 Å². The molecule has 158 valence electrons. The fourth-order valence-corrected chi connectivity index (χ4v) is 3.84. The quantitative estimate of drug-likeness (QED) is 0.337. The minimum atomic E-state index is -0.0905. The molecule has 3 rings (SSSR count). The predicted octanol–water partition coefficient (Wildman–Crippen LogP) is 4.71. The molecule has 8 heteroatoms. The van der Waals surface area contributed by atoms with Gasteiger partial charge in [0, 0.05) is 24.0 Å². The van der Waals surface area contributed by atoms with E-state index in [-0.39, 0.29) is 11.5 Å². The number of carbonyl (C=O) groups is 1. The number of fused-ring (bicyclic) bond motifs is 1. The van der Waals surface area contributed by atoms with E-state index in [1.807, 2.05) is 36.4 Å². The van der Waals surface area contributed by atoms with Crippen LogP contribution in [0.1, 0.15) is 31.2 Å². The first-order valence-corrected chi connectivity index (χ1v) is 11.0. The van der Waals surface area contributed by atoms with Crippen LogP contribution in [0.4, 0.5) is 0 Å². The van der Waals surface area contributed by atoms with Crippen LogP contribution >= 0.6 is 28.1 Å². The highest BCUT2D eigenvalue weighted by Gasteiger charge is 2.07. The van der Waals surface area contributed by atoms with Gasteiger partial charge in [-0.2, -0.15) is 0 Å². The van der Waals surface area contributed by atoms with Crippen LogP contribution in [0.5, 0.6) is 5.75 Å². The number of rotatable bonds is 9. The van der Waals surface area contributed by atoms with Gasteiger partial charge < -0.3 is 15.0 Å². The number of amides is 1. The molecule has 3 aromatic rings. The smallest absolute Gasteiger partial charge is 0.262 e. The Balaban J connectivity index is 1.44. The van der Waals surface area contributed by atoms with Gasteiger partial charge in [0.25, 0.3) is 5.56 Å². The van der Waals surface area contributed by atoms with Crippen molar-refractivity contribution < 1.29 is 9.53 Å². The van der Waals surface area contributed by atoms with Crippen LogP contribution in [0.25, 0.3) is 10.9 Å². The lowest BCUT2D eigenvalue weighted by Crippen LogP contribution is -2.23. The van der Waals surface area contributed by atoms with Crippen molar-refractivity contribution in [3.8, 4) is 5.75 Å². The van der Waals surface area contributed by atoms with E-state index in [1.165, 1.54) is 0 Å². The third-order valence-electron chi connectivity index (χ3n) is 4.88. The van der Waals surface area contributed by atoms with Gasteiger partial charge in [0.05, 0.1) is 18.0 Å². The summed E-state index contributed by atoms with van der Waals surface area (Å²) in [5, 5.41) is 3.53. The van der Waals surface area contributed by atoms with Crippen LogP contribution < -0.4 is 15.6 Å². The zero-order valence-corrected chi connectivity index (χ0v) is 19.1. The first-order chi connectivity index (χ1) is 14.5. The Kier molecular flexibility index (Phi) is 7.81. The second kappa shape index (κ2) is 10.5. The SMILES string of the molecule is COc1ccc(CNC(=O)CCCCCn2c(=S)[nH]c3ccc(Br)cc3c2=O)cc1. The molecule has 0 unspecified atom stereocenters. The third kappa shape index (κ3) is 5.79. The highest BCUT2D eigenvalue weighted by Crippen LogP contribution is 2.15. The highest BCUT2D eigenvalue weighted by molar-refractivity contribution is 9.10. The van der Waals surface area contributed by atoms with Gasteiger partial charge in [-0.25, -0.2) is 0 Å². The molecule has 30 heavy (non-hydrogen) atoms. The van der Waals surface area contributed by atoms with E-state index in [9.17, 15) is 9.59 Å². The summed E-state index contributed by atoms with van der Waals surface area (Å²) in [4.78, 5) is 27.9. The Labute approximate surface area is 188 Å². The molecule has 6 nitrogen and oxygen atoms in total. The van der Waals surface area contributed by atoms with Gasteiger partial charge in [-0.3, -0.25) is 14.2 Å². The van der Waals surface area contributed by atoms with Crippen LogP contribution in [0.2, 0.25) is 0 Å². The molecule has 0 saturated heterocycles. The molecule has 2 aromatic carbocycles. The largest absolute Gasteiger partial charge is 0.497 e. The molecule has 0 saturated carbocycles. The van der Waals surface area contributed by atoms with Crippen LogP contribution in [0.15, 0.2) is 51.7 Å². The lowest BCUT2D eigenvalue weighted by atomic mass is 10.1. The fraction of sp³-hybridized carbons (Fsp3) is 0.318. The summed E-state index contributed by atoms with van der Waals surface area (Å²) in [5.74, 6) is 0.818. The van der Waals surface area contributed by atoms with Crippen molar-refractivity contribution in [3.63, 3.8) is 0 Å². The number of halogens is 1. The summed E-state index contributed by atoms with van der Waals surface area (Å²) in [7, 11) is 1.62. The van der Waals surface area contributed by atoms with Gasteiger partial charge in [0.15, 0.2) is 4.77 Å². The van der Waals surface area contributed by atoms with Gasteiger partial charge >= 0.3 is 0 Å². The summed E-state index contributed by atoms with van der Waals surface area (Å²) in [6.07, 6.45) is 2.84. The predicted molar refractivity (Wildman–Crippen MR) is 124 cm³/mol. The van der Waals surface area contributed by atoms with Crippen LogP contribution in [-0.2, 0) is 17.9 Å². The lowest BCUT2D eigenvalue weighted by molar-refractivity contribution is -0.121. The molecule has 0 atom stereocenters. The Bertz CT molecular complexity index is 1140. The standard InChI is InChI=1S/C22H24BrN3O3S/c1-29-17-9-6-15(7-10-17)14-24-20(27)5-3-2-4-12-26-21(28)18-13-16(23)8-11-19(18)25-22(26)30/h6-11,13H,2-5,12,14H2,1H3,(H,24,27)(H,25,30). The molecule has 1 aromatic heterocycles. The van der Waals surface area contributed by atoms with E-state index < -0.39 is 0 Å². The van der Waals surface area contributed by atoms with Gasteiger partial charge in [0.2, 0.25) is 5.91 Å². The molecule has 0 bridgehead atoms. The van der Waals surface area contributed by atoms with Gasteiger partial charge in [-0.1, -0.05) is 34.5 Å². The van der Waals surface area contributed by atoms with Crippen molar-refractivity contribution in [3.05, 3.63) is 67.6 Å². The van der Waals surface area contributed by atoms with Gasteiger partial charge in [-0.05, 0) is 61.0 Å². The number of ether oxygens (including phenoxy) is 1. The molecule has 1 heterocycles. The summed E-state index contributed by atoms with van der Waals surface area (Å²) in [6.45, 7) is 1.03. The van der Waals surface area contributed by atoms with Crippen molar-refractivity contribution in [2.45, 2.75) is 38.8 Å². The highest BCUT2D eigenvalue weighted by atomic mass is 79.9. The number of hydrogen-bond acceptors (Lipinski definition) is 4. The number of H-pyrrole nitrogens is 1. The number of carbonyl (C=O) groups excluding carboxylic acids is 1. The first-order valence-electron chi connectivity index (χ1n) is 9.80. The molecule has 0 aliphatic rings. The molecular formula is C22H24BrN3O3S. The molecule has 1 amide bonds. The van der Waals surface area contributed by atoms with E-state index in [4.69, 9.17) is 17.0 Å². The molecule has 0 spiro atoms. The maximum absolute atomic E-state index is 12.7. The zero-order valence-electron chi connectivity index (χ0n) is 16.7. The third-order valence-corrected chi connectivity index (χ3v) is 5.69. The number of unbranched alkanes of at least 4 members (excludes halogenated alkanes) is 2. The number of benzene rings is 2. The summed E-state index contributed by atoms with van der Waals surface area (Å²) in [5.41, 5.74) is 1.67. The average molecular weight is 490 g/mol. The molecule has 0 fully saturated rings. The van der Waals surface area contributed by atoms with Crippen molar-refractivity contribution >= 4 is 45.0 Å². The fourth-order valence-electron chi connectivity index (χ4n) is 3.19. The number of nitrogens with zero attached hydrogens (tertiary/aromatic N) is 1. The van der Waals surface area contributed by atoms with Crippen LogP contribution in [0, 0.1) is 4.77 Å². The maximum atomic E-state index is 12.7. The molecule has 0 aliphatic heterocycles. The summed E-state index contributed by atoms with van der Waals surface area (Å²) >= 11 is 8.74. The van der Waals surface area contributed by atoms with Crippen molar-refractivity contribution in [2.75, 3.05) is 7.11 Å². The van der Waals surface area contributed by atoms with E-state index in [0.29, 0.717) is 29.7 Å². The molecular weight excluding hydrogens is 466 g/mol. The van der Waals surface area contributed by atoms with Crippen molar-refractivity contribution in [2.24, 2.45) is 0 Å². The minimum Gasteiger partial charge on any atom is -0.497 e. The van der Waals surface area contributed by atoms with Crippen LogP contribution in [-0.4, -0.2) is 22.6 Å².